The molecule has 1 aromatic carbocycles. The SMILES string of the molecule is CCCC1CCC(C(NC)c2ccc(OC)cc2C)CC1. The van der Waals surface area contributed by atoms with E-state index in [-0.39, 0.29) is 0 Å². The van der Waals surface area contributed by atoms with Gasteiger partial charge in [0.2, 0.25) is 0 Å². The molecule has 21 heavy (non-hydrogen) atoms. The van der Waals surface area contributed by atoms with Crippen LogP contribution >= 0.6 is 0 Å². The van der Waals surface area contributed by atoms with Gasteiger partial charge in [-0.05, 0) is 61.9 Å². The minimum Gasteiger partial charge on any atom is -0.497 e. The van der Waals surface area contributed by atoms with Gasteiger partial charge >= 0.3 is 0 Å². The van der Waals surface area contributed by atoms with E-state index in [9.17, 15) is 0 Å². The Balaban J connectivity index is 2.06. The highest BCUT2D eigenvalue weighted by Gasteiger charge is 2.28. The summed E-state index contributed by atoms with van der Waals surface area (Å²) in [6.45, 7) is 4.51. The number of rotatable bonds is 6. The van der Waals surface area contributed by atoms with Crippen LogP contribution in [0.3, 0.4) is 0 Å². The molecule has 1 aliphatic rings. The molecule has 1 fully saturated rings. The van der Waals surface area contributed by atoms with Crippen molar-refractivity contribution < 1.29 is 4.74 Å². The molecule has 0 amide bonds. The summed E-state index contributed by atoms with van der Waals surface area (Å²) in [6.07, 6.45) is 8.29. The molecule has 118 valence electrons. The predicted octanol–water partition coefficient (Wildman–Crippen LogP) is 4.87. The van der Waals surface area contributed by atoms with Crippen molar-refractivity contribution in [3.8, 4) is 5.75 Å². The Morgan fingerprint density at radius 1 is 1.24 bits per heavy atom. The van der Waals surface area contributed by atoms with E-state index in [4.69, 9.17) is 4.74 Å². The van der Waals surface area contributed by atoms with Crippen LogP contribution in [0.1, 0.15) is 62.6 Å². The third-order valence-electron chi connectivity index (χ3n) is 5.18. The maximum atomic E-state index is 5.33. The number of hydrogen-bond acceptors (Lipinski definition) is 2. The van der Waals surface area contributed by atoms with Gasteiger partial charge in [-0.3, -0.25) is 0 Å². The van der Waals surface area contributed by atoms with E-state index in [0.717, 1.165) is 17.6 Å². The Bertz CT molecular complexity index is 435. The normalized spacial score (nSPS) is 23.8. The van der Waals surface area contributed by atoms with Crippen molar-refractivity contribution in [3.63, 3.8) is 0 Å². The fourth-order valence-corrected chi connectivity index (χ4v) is 3.99. The van der Waals surface area contributed by atoms with Crippen molar-refractivity contribution in [1.29, 1.82) is 0 Å². The Morgan fingerprint density at radius 3 is 2.48 bits per heavy atom. The lowest BCUT2D eigenvalue weighted by Gasteiger charge is -2.34. The molecule has 0 aliphatic heterocycles. The van der Waals surface area contributed by atoms with Gasteiger partial charge < -0.3 is 10.1 Å². The molecule has 1 saturated carbocycles. The molecule has 1 aliphatic carbocycles. The van der Waals surface area contributed by atoms with Crippen LogP contribution in [0.2, 0.25) is 0 Å². The Labute approximate surface area is 130 Å². The number of hydrogen-bond donors (Lipinski definition) is 1. The second-order valence-corrected chi connectivity index (χ2v) is 6.56. The molecule has 2 nitrogen and oxygen atoms in total. The summed E-state index contributed by atoms with van der Waals surface area (Å²) in [7, 11) is 3.84. The maximum absolute atomic E-state index is 5.33. The molecule has 1 unspecified atom stereocenters. The number of methoxy groups -OCH3 is 1. The number of nitrogens with one attached hydrogen (secondary N) is 1. The van der Waals surface area contributed by atoms with Crippen molar-refractivity contribution in [2.75, 3.05) is 14.2 Å². The molecular weight excluding hydrogens is 258 g/mol. The molecular formula is C19H31NO. The standard InChI is InChI=1S/C19H31NO/c1-5-6-15-7-9-16(10-8-15)19(20-3)18-12-11-17(21-4)13-14(18)2/h11-13,15-16,19-20H,5-10H2,1-4H3. The highest BCUT2D eigenvalue weighted by molar-refractivity contribution is 5.37. The average Bonchev–Trinajstić information content (AvgIpc) is 2.51. The number of benzene rings is 1. The largest absolute Gasteiger partial charge is 0.497 e. The van der Waals surface area contributed by atoms with Gasteiger partial charge in [-0.1, -0.05) is 38.7 Å². The zero-order valence-electron chi connectivity index (χ0n) is 14.1. The maximum Gasteiger partial charge on any atom is 0.119 e. The zero-order valence-corrected chi connectivity index (χ0v) is 14.1. The number of aryl methyl sites for hydroxylation is 1. The van der Waals surface area contributed by atoms with Gasteiger partial charge in [0.25, 0.3) is 0 Å². The molecule has 0 saturated heterocycles. The first-order valence-corrected chi connectivity index (χ1v) is 8.51. The van der Waals surface area contributed by atoms with Gasteiger partial charge in [0, 0.05) is 6.04 Å². The molecule has 2 heteroatoms. The summed E-state index contributed by atoms with van der Waals surface area (Å²) in [6, 6.07) is 6.98. The van der Waals surface area contributed by atoms with E-state index >= 15 is 0 Å². The predicted molar refractivity (Wildman–Crippen MR) is 89.9 cm³/mol. The van der Waals surface area contributed by atoms with Crippen molar-refractivity contribution >= 4 is 0 Å². The van der Waals surface area contributed by atoms with Gasteiger partial charge in [0.05, 0.1) is 7.11 Å². The van der Waals surface area contributed by atoms with Crippen molar-refractivity contribution in [2.24, 2.45) is 11.8 Å². The first kappa shape index (κ1) is 16.4. The van der Waals surface area contributed by atoms with Crippen molar-refractivity contribution in [2.45, 2.75) is 58.4 Å². The lowest BCUT2D eigenvalue weighted by atomic mass is 9.75. The summed E-state index contributed by atoms with van der Waals surface area (Å²) in [5.74, 6) is 2.70. The third-order valence-corrected chi connectivity index (χ3v) is 5.18. The lowest BCUT2D eigenvalue weighted by Crippen LogP contribution is -2.29. The third kappa shape index (κ3) is 4.00. The summed E-state index contributed by atoms with van der Waals surface area (Å²) in [4.78, 5) is 0. The molecule has 2 rings (SSSR count). The highest BCUT2D eigenvalue weighted by Crippen LogP contribution is 2.39. The van der Waals surface area contributed by atoms with Crippen LogP contribution in [0.15, 0.2) is 18.2 Å². The average molecular weight is 289 g/mol. The second-order valence-electron chi connectivity index (χ2n) is 6.56. The summed E-state index contributed by atoms with van der Waals surface area (Å²) in [5.41, 5.74) is 2.78. The molecule has 0 radical (unpaired) electrons. The zero-order chi connectivity index (χ0) is 15.2. The first-order valence-electron chi connectivity index (χ1n) is 8.51. The summed E-state index contributed by atoms with van der Waals surface area (Å²) in [5, 5.41) is 3.57. The minimum atomic E-state index is 0.485. The fraction of sp³-hybridized carbons (Fsp3) is 0.684. The van der Waals surface area contributed by atoms with E-state index in [1.54, 1.807) is 7.11 Å². The van der Waals surface area contributed by atoms with Crippen molar-refractivity contribution in [1.82, 2.24) is 5.32 Å². The van der Waals surface area contributed by atoms with Gasteiger partial charge in [-0.2, -0.15) is 0 Å². The molecule has 1 N–H and O–H groups in total. The second kappa shape index (κ2) is 7.84. The van der Waals surface area contributed by atoms with Crippen LogP contribution < -0.4 is 10.1 Å². The number of ether oxygens (including phenoxy) is 1. The van der Waals surface area contributed by atoms with E-state index in [1.807, 2.05) is 0 Å². The molecule has 0 bridgehead atoms. The quantitative estimate of drug-likeness (QED) is 0.806. The van der Waals surface area contributed by atoms with Gasteiger partial charge in [0.1, 0.15) is 5.75 Å². The van der Waals surface area contributed by atoms with Crippen LogP contribution in [-0.2, 0) is 0 Å². The minimum absolute atomic E-state index is 0.485. The molecule has 0 heterocycles. The van der Waals surface area contributed by atoms with Crippen LogP contribution in [0.25, 0.3) is 0 Å². The first-order chi connectivity index (χ1) is 10.2. The summed E-state index contributed by atoms with van der Waals surface area (Å²) < 4.78 is 5.33. The van der Waals surface area contributed by atoms with Gasteiger partial charge in [-0.15, -0.1) is 0 Å². The topological polar surface area (TPSA) is 21.3 Å². The summed E-state index contributed by atoms with van der Waals surface area (Å²) >= 11 is 0. The van der Waals surface area contributed by atoms with Crippen LogP contribution in [0.5, 0.6) is 5.75 Å². The van der Waals surface area contributed by atoms with E-state index in [2.05, 4.69) is 44.4 Å². The van der Waals surface area contributed by atoms with Crippen LogP contribution in [0.4, 0.5) is 0 Å². The van der Waals surface area contributed by atoms with Gasteiger partial charge in [-0.25, -0.2) is 0 Å². The molecule has 0 aromatic heterocycles. The van der Waals surface area contributed by atoms with E-state index in [0.29, 0.717) is 6.04 Å². The van der Waals surface area contributed by atoms with Gasteiger partial charge in [0.15, 0.2) is 0 Å². The smallest absolute Gasteiger partial charge is 0.119 e. The van der Waals surface area contributed by atoms with E-state index < -0.39 is 0 Å². The Hall–Kier alpha value is -1.02. The monoisotopic (exact) mass is 289 g/mol. The molecule has 1 aromatic rings. The van der Waals surface area contributed by atoms with Crippen LogP contribution in [-0.4, -0.2) is 14.2 Å². The Morgan fingerprint density at radius 2 is 1.95 bits per heavy atom. The fourth-order valence-electron chi connectivity index (χ4n) is 3.99. The van der Waals surface area contributed by atoms with Crippen molar-refractivity contribution in [3.05, 3.63) is 29.3 Å². The molecule has 0 spiro atoms. The highest BCUT2D eigenvalue weighted by atomic mass is 16.5. The Kier molecular flexibility index (Phi) is 6.10. The lowest BCUT2D eigenvalue weighted by molar-refractivity contribution is 0.219. The van der Waals surface area contributed by atoms with Crippen LogP contribution in [0, 0.1) is 18.8 Å². The molecule has 1 atom stereocenters. The van der Waals surface area contributed by atoms with E-state index in [1.165, 1.54) is 49.7 Å².